The van der Waals surface area contributed by atoms with Gasteiger partial charge in [-0.2, -0.15) is 9.97 Å². The van der Waals surface area contributed by atoms with Crippen LogP contribution in [0.15, 0.2) is 18.7 Å². The molecule has 0 aliphatic rings. The van der Waals surface area contributed by atoms with Crippen molar-refractivity contribution in [1.29, 1.82) is 0 Å². The van der Waals surface area contributed by atoms with Gasteiger partial charge in [0, 0.05) is 24.7 Å². The van der Waals surface area contributed by atoms with E-state index >= 15 is 0 Å². The maximum Gasteiger partial charge on any atom is 0.245 e. The first kappa shape index (κ1) is 26.5. The summed E-state index contributed by atoms with van der Waals surface area (Å²) in [6.45, 7) is 9.37. The number of rotatable bonds is 9. The lowest BCUT2D eigenvalue weighted by molar-refractivity contribution is 0.364. The van der Waals surface area contributed by atoms with Crippen molar-refractivity contribution in [3.05, 3.63) is 35.4 Å². The smallest absolute Gasteiger partial charge is 0.245 e. The third kappa shape index (κ3) is 5.96. The predicted octanol–water partition coefficient (Wildman–Crippen LogP) is 3.04. The molecule has 0 saturated heterocycles. The Morgan fingerprint density at radius 1 is 1.03 bits per heavy atom. The van der Waals surface area contributed by atoms with Gasteiger partial charge in [0.2, 0.25) is 27.7 Å². The molecule has 3 heterocycles. The van der Waals surface area contributed by atoms with Gasteiger partial charge in [-0.15, -0.1) is 10.2 Å². The lowest BCUT2D eigenvalue weighted by Crippen LogP contribution is -2.31. The molecule has 0 unspecified atom stereocenters. The number of ether oxygens (including phenoxy) is 2. The minimum Gasteiger partial charge on any atom is -0.479 e. The van der Waals surface area contributed by atoms with E-state index in [4.69, 9.17) is 21.1 Å². The first-order chi connectivity index (χ1) is 16.4. The lowest BCUT2D eigenvalue weighted by atomic mass is 9.92. The topological polar surface area (TPSA) is 147 Å². The van der Waals surface area contributed by atoms with Crippen molar-refractivity contribution < 1.29 is 17.9 Å². The van der Waals surface area contributed by atoms with Crippen LogP contribution < -0.4 is 14.2 Å². The maximum atomic E-state index is 13.4. The summed E-state index contributed by atoms with van der Waals surface area (Å²) in [5.74, 6) is 0.572. The number of methoxy groups -OCH3 is 2. The third-order valence-electron chi connectivity index (χ3n) is 5.26. The number of halogens is 1. The molecule has 0 radical (unpaired) electrons. The summed E-state index contributed by atoms with van der Waals surface area (Å²) in [5.41, 5.74) is 0.0892. The second kappa shape index (κ2) is 10.3. The monoisotopic (exact) mass is 524 g/mol. The number of nitrogens with zero attached hydrogens (tertiary/aromatic N) is 7. The minimum absolute atomic E-state index is 0.0493. The van der Waals surface area contributed by atoms with Crippen molar-refractivity contribution in [3.63, 3.8) is 0 Å². The molecule has 0 aliphatic heterocycles. The van der Waals surface area contributed by atoms with E-state index in [9.17, 15) is 8.42 Å². The standard InChI is InChI=1S/C21H29ClN8O4S/c1-12(17-23-9-14(22)10-24-17)13(2)35(31,32)29-20-28-27-15(8-21(3,4)5)30(20)16-18(33-6)25-11-26-19(16)34-7/h9-13H,8H2,1-7H3,(H,28,29)/t12-,13-/m0/s1. The van der Waals surface area contributed by atoms with E-state index in [0.29, 0.717) is 23.1 Å². The molecule has 3 rings (SSSR count). The quantitative estimate of drug-likeness (QED) is 0.442. The summed E-state index contributed by atoms with van der Waals surface area (Å²) in [5, 5.41) is 7.85. The molecule has 0 spiro atoms. The molecular formula is C21H29ClN8O4S. The normalized spacial score (nSPS) is 13.8. The summed E-state index contributed by atoms with van der Waals surface area (Å²) in [6.07, 6.45) is 4.61. The molecule has 0 saturated carbocycles. The molecule has 1 N–H and O–H groups in total. The highest BCUT2D eigenvalue weighted by molar-refractivity contribution is 7.93. The molecule has 0 aromatic carbocycles. The Morgan fingerprint density at radius 2 is 1.60 bits per heavy atom. The number of hydrogen-bond acceptors (Lipinski definition) is 10. The van der Waals surface area contributed by atoms with E-state index in [2.05, 4.69) is 34.9 Å². The Morgan fingerprint density at radius 3 is 2.11 bits per heavy atom. The molecule has 12 nitrogen and oxygen atoms in total. The van der Waals surface area contributed by atoms with Crippen molar-refractivity contribution in [1.82, 2.24) is 34.7 Å². The van der Waals surface area contributed by atoms with Crippen LogP contribution in [0.5, 0.6) is 11.8 Å². The number of anilines is 1. The molecule has 3 aromatic heterocycles. The molecule has 190 valence electrons. The van der Waals surface area contributed by atoms with Crippen LogP contribution in [-0.2, 0) is 16.4 Å². The summed E-state index contributed by atoms with van der Waals surface area (Å²) >= 11 is 5.86. The van der Waals surface area contributed by atoms with Gasteiger partial charge in [0.15, 0.2) is 5.69 Å². The van der Waals surface area contributed by atoms with Crippen LogP contribution in [0.2, 0.25) is 5.02 Å². The van der Waals surface area contributed by atoms with Gasteiger partial charge in [0.25, 0.3) is 0 Å². The molecule has 35 heavy (non-hydrogen) atoms. The van der Waals surface area contributed by atoms with Gasteiger partial charge in [-0.05, 0) is 12.3 Å². The summed E-state index contributed by atoms with van der Waals surface area (Å²) < 4.78 is 41.7. The first-order valence-corrected chi connectivity index (χ1v) is 12.7. The van der Waals surface area contributed by atoms with E-state index in [0.717, 1.165) is 0 Å². The van der Waals surface area contributed by atoms with Crippen LogP contribution in [0.25, 0.3) is 5.69 Å². The van der Waals surface area contributed by atoms with E-state index in [-0.39, 0.29) is 28.8 Å². The summed E-state index contributed by atoms with van der Waals surface area (Å²) in [7, 11) is -1.09. The fourth-order valence-corrected chi connectivity index (χ4v) is 4.63. The van der Waals surface area contributed by atoms with Crippen LogP contribution in [0, 0.1) is 5.41 Å². The average Bonchev–Trinajstić information content (AvgIpc) is 3.16. The molecule has 14 heteroatoms. The van der Waals surface area contributed by atoms with Crippen LogP contribution in [0.1, 0.15) is 52.2 Å². The van der Waals surface area contributed by atoms with E-state index < -0.39 is 21.2 Å². The van der Waals surface area contributed by atoms with E-state index in [1.807, 2.05) is 20.8 Å². The Kier molecular flexibility index (Phi) is 7.80. The SMILES string of the molecule is COc1ncnc(OC)c1-n1c(CC(C)(C)C)nnc1NS(=O)(=O)[C@@H](C)[C@H](C)c1ncc(Cl)cn1. The van der Waals surface area contributed by atoms with E-state index in [1.165, 1.54) is 37.5 Å². The van der Waals surface area contributed by atoms with Crippen molar-refractivity contribution >= 4 is 27.6 Å². The van der Waals surface area contributed by atoms with Crippen molar-refractivity contribution in [2.45, 2.75) is 52.2 Å². The van der Waals surface area contributed by atoms with Gasteiger partial charge >= 0.3 is 0 Å². The Hall–Kier alpha value is -3.06. The third-order valence-corrected chi connectivity index (χ3v) is 7.31. The number of aromatic nitrogens is 7. The van der Waals surface area contributed by atoms with Crippen molar-refractivity contribution in [2.75, 3.05) is 18.9 Å². The van der Waals surface area contributed by atoms with Crippen molar-refractivity contribution in [3.8, 4) is 17.4 Å². The zero-order valence-corrected chi connectivity index (χ0v) is 22.2. The van der Waals surface area contributed by atoms with Crippen LogP contribution in [-0.4, -0.2) is 62.6 Å². The second-order valence-corrected chi connectivity index (χ2v) is 11.6. The molecule has 0 fully saturated rings. The number of nitrogens with one attached hydrogen (secondary N) is 1. The summed E-state index contributed by atoms with van der Waals surface area (Å²) in [6, 6.07) is 0. The fourth-order valence-electron chi connectivity index (χ4n) is 3.30. The lowest BCUT2D eigenvalue weighted by Gasteiger charge is -2.22. The minimum atomic E-state index is -3.98. The van der Waals surface area contributed by atoms with Crippen LogP contribution in [0.3, 0.4) is 0 Å². The van der Waals surface area contributed by atoms with Gasteiger partial charge in [0.05, 0.1) is 24.5 Å². The number of sulfonamides is 1. The molecule has 0 aliphatic carbocycles. The predicted molar refractivity (Wildman–Crippen MR) is 131 cm³/mol. The maximum absolute atomic E-state index is 13.4. The van der Waals surface area contributed by atoms with Gasteiger partial charge in [0.1, 0.15) is 18.0 Å². The van der Waals surface area contributed by atoms with Crippen LogP contribution in [0.4, 0.5) is 5.95 Å². The van der Waals surface area contributed by atoms with Crippen LogP contribution >= 0.6 is 11.6 Å². The highest BCUT2D eigenvalue weighted by Gasteiger charge is 2.33. The largest absolute Gasteiger partial charge is 0.479 e. The molecule has 2 atom stereocenters. The van der Waals surface area contributed by atoms with Gasteiger partial charge in [-0.3, -0.25) is 9.29 Å². The highest BCUT2D eigenvalue weighted by atomic mass is 35.5. The van der Waals surface area contributed by atoms with Gasteiger partial charge in [-0.1, -0.05) is 39.3 Å². The van der Waals surface area contributed by atoms with Gasteiger partial charge in [-0.25, -0.2) is 18.4 Å². The highest BCUT2D eigenvalue weighted by Crippen LogP contribution is 2.34. The number of hydrogen-bond donors (Lipinski definition) is 1. The van der Waals surface area contributed by atoms with Gasteiger partial charge < -0.3 is 9.47 Å². The Balaban J connectivity index is 2.08. The van der Waals surface area contributed by atoms with Crippen molar-refractivity contribution in [2.24, 2.45) is 5.41 Å². The first-order valence-electron chi connectivity index (χ1n) is 10.7. The summed E-state index contributed by atoms with van der Waals surface area (Å²) in [4.78, 5) is 16.6. The Labute approximate surface area is 209 Å². The molecule has 0 bridgehead atoms. The van der Waals surface area contributed by atoms with E-state index in [1.54, 1.807) is 13.8 Å². The molecule has 0 amide bonds. The second-order valence-electron chi connectivity index (χ2n) is 9.15. The average molecular weight is 525 g/mol. The molecule has 3 aromatic rings. The zero-order valence-electron chi connectivity index (χ0n) is 20.6. The molecular weight excluding hydrogens is 496 g/mol. The fraction of sp³-hybridized carbons (Fsp3) is 0.524. The zero-order chi connectivity index (χ0) is 26.0. The Bertz CT molecular complexity index is 1250.